The molecule has 0 nitrogen and oxygen atoms in total. The topological polar surface area (TPSA) is 0 Å². The number of halogens is 2. The van der Waals surface area contributed by atoms with Gasteiger partial charge in [0.1, 0.15) is 0 Å². The van der Waals surface area contributed by atoms with Gasteiger partial charge in [-0.2, -0.15) is 12.1 Å². The number of hydrogen-bond donors (Lipinski definition) is 0. The second kappa shape index (κ2) is 24.9. The molecular formula is C62H72Cl2SiZr-2. The second-order valence-corrected chi connectivity index (χ2v) is 30.0. The molecule has 0 aliphatic heterocycles. The van der Waals surface area contributed by atoms with Crippen LogP contribution in [-0.4, -0.2) is 5.43 Å². The molecule has 0 bridgehead atoms. The van der Waals surface area contributed by atoms with Crippen LogP contribution >= 0.6 is 0 Å². The van der Waals surface area contributed by atoms with Gasteiger partial charge in [0.2, 0.25) is 0 Å². The number of hydrogen-bond acceptors (Lipinski definition) is 0. The van der Waals surface area contributed by atoms with Crippen LogP contribution in [0.1, 0.15) is 128 Å². The van der Waals surface area contributed by atoms with E-state index in [1.807, 2.05) is 0 Å². The summed E-state index contributed by atoms with van der Waals surface area (Å²) in [6.45, 7) is 9.70. The van der Waals surface area contributed by atoms with Gasteiger partial charge in [0.05, 0.1) is 0 Å². The summed E-state index contributed by atoms with van der Waals surface area (Å²) >= 11 is 1.74. The summed E-state index contributed by atoms with van der Waals surface area (Å²) in [6.07, 6.45) is 25.0. The largest absolute Gasteiger partial charge is 1.00 e. The van der Waals surface area contributed by atoms with Crippen LogP contribution in [0, 0.1) is 10.8 Å². The Morgan fingerprint density at radius 1 is 0.409 bits per heavy atom. The molecule has 0 aromatic heterocycles. The quantitative estimate of drug-likeness (QED) is 0.115. The second-order valence-electron chi connectivity index (χ2n) is 20.6. The van der Waals surface area contributed by atoms with E-state index in [1.165, 1.54) is 192 Å². The Morgan fingerprint density at radius 3 is 1.06 bits per heavy atom. The third kappa shape index (κ3) is 13.5. The van der Waals surface area contributed by atoms with Crippen LogP contribution in [0.3, 0.4) is 0 Å². The van der Waals surface area contributed by atoms with E-state index in [0.717, 1.165) is 0 Å². The van der Waals surface area contributed by atoms with Crippen molar-refractivity contribution in [2.24, 2.45) is 10.8 Å². The maximum Gasteiger partial charge on any atom is -1.00 e. The molecule has 2 aliphatic carbocycles. The van der Waals surface area contributed by atoms with Gasteiger partial charge < -0.3 is 24.8 Å². The monoisotopic (exact) mass is 1000 g/mol. The first-order valence-corrected chi connectivity index (χ1v) is 31.2. The van der Waals surface area contributed by atoms with Crippen molar-refractivity contribution in [3.63, 3.8) is 0 Å². The zero-order chi connectivity index (χ0) is 44.4. The third-order valence-corrected chi connectivity index (χ3v) is 14.7. The normalized spacial score (nSPS) is 16.3. The van der Waals surface area contributed by atoms with Crippen LogP contribution in [-0.2, 0) is 36.2 Å². The summed E-state index contributed by atoms with van der Waals surface area (Å²) in [6, 6.07) is 54.4. The summed E-state index contributed by atoms with van der Waals surface area (Å²) < 4.78 is 0. The van der Waals surface area contributed by atoms with Gasteiger partial charge in [0, 0.05) is 0 Å². The number of fused-ring (bicyclic) bond motifs is 4. The first-order chi connectivity index (χ1) is 31.2. The first-order valence-electron chi connectivity index (χ1n) is 25.0. The van der Waals surface area contributed by atoms with Gasteiger partial charge in [-0.05, 0) is 82.0 Å². The van der Waals surface area contributed by atoms with Crippen LogP contribution in [0.25, 0.3) is 65.3 Å². The molecule has 0 atom stereocenters. The van der Waals surface area contributed by atoms with E-state index >= 15 is 0 Å². The summed E-state index contributed by atoms with van der Waals surface area (Å²) in [5.74, 6) is 0. The molecule has 4 heteroatoms. The van der Waals surface area contributed by atoms with E-state index in [9.17, 15) is 0 Å². The van der Waals surface area contributed by atoms with Gasteiger partial charge in [-0.1, -0.05) is 199 Å². The predicted octanol–water partition coefficient (Wildman–Crippen LogP) is 12.9. The van der Waals surface area contributed by atoms with Gasteiger partial charge in [-0.3, -0.25) is 0 Å². The van der Waals surface area contributed by atoms with E-state index < -0.39 is 0 Å². The zero-order valence-corrected chi connectivity index (χ0v) is 45.3. The van der Waals surface area contributed by atoms with Crippen molar-refractivity contribution in [1.82, 2.24) is 0 Å². The minimum atomic E-state index is 0. The van der Waals surface area contributed by atoms with E-state index in [0.29, 0.717) is 10.8 Å². The molecule has 0 heterocycles. The fourth-order valence-corrected chi connectivity index (χ4v) is 11.4. The Morgan fingerprint density at radius 2 is 0.697 bits per heavy atom. The van der Waals surface area contributed by atoms with Crippen LogP contribution in [0.5, 0.6) is 0 Å². The first kappa shape index (κ1) is 52.1. The minimum Gasteiger partial charge on any atom is -1.00 e. The van der Waals surface area contributed by atoms with Gasteiger partial charge in [0.25, 0.3) is 0 Å². The summed E-state index contributed by atoms with van der Waals surface area (Å²) in [5.41, 5.74) is 9.61. The molecule has 0 saturated heterocycles. The van der Waals surface area contributed by atoms with Gasteiger partial charge in [-0.15, -0.1) is 69.1 Å². The third-order valence-electron chi connectivity index (χ3n) is 14.7. The average molecular weight is 1010 g/mol. The smallest absolute Gasteiger partial charge is 1.00 e. The molecule has 0 amide bonds. The van der Waals surface area contributed by atoms with Crippen molar-refractivity contribution in [3.05, 3.63) is 157 Å². The van der Waals surface area contributed by atoms with Crippen molar-refractivity contribution in [3.8, 4) is 22.3 Å². The molecule has 344 valence electrons. The standard InChI is InChI=1S/2C30H33.C2H6Si.2ClH.Zr/c2*1-30(18-8-4-2-3-5-9-19-30)22-23-20-25-14-11-17-28(29(25)21-23)27-16-10-13-24-12-6-7-15-26(24)27;1-3-2;;;/h2*6-7,10-17,20-21H,2-5,8-9,18-19,22H2,1H3;1-2H3;2*1H;/q2*-1;;;;+2/p-2. The molecule has 66 heavy (non-hydrogen) atoms. The molecule has 0 radical (unpaired) electrons. The number of rotatable bonds is 6. The van der Waals surface area contributed by atoms with Crippen LogP contribution in [0.4, 0.5) is 0 Å². The van der Waals surface area contributed by atoms with Crippen molar-refractivity contribution in [2.45, 2.75) is 143 Å². The van der Waals surface area contributed by atoms with E-state index in [2.05, 4.69) is 173 Å². The Labute approximate surface area is 425 Å². The SMILES string of the molecule is CC1(Cc2cc3c(-c4cccc5ccccc45)cccc3[cH-]2)CCCCCCCC1.CC1(Cc2cc3c(-c4cccc5ccccc45)cccc3[cH-]2)CCCCCCCC1.C[Si](C)=[Zr+2].[Cl-].[Cl-]. The summed E-state index contributed by atoms with van der Waals surface area (Å²) in [4.78, 5) is 0. The predicted molar refractivity (Wildman–Crippen MR) is 280 cm³/mol. The van der Waals surface area contributed by atoms with Crippen LogP contribution in [0.15, 0.2) is 146 Å². The zero-order valence-electron chi connectivity index (χ0n) is 40.3. The van der Waals surface area contributed by atoms with Gasteiger partial charge in [0.15, 0.2) is 0 Å². The maximum absolute atomic E-state index is 2.54. The average Bonchev–Trinajstić information content (AvgIpc) is 3.94. The maximum atomic E-state index is 2.54. The molecule has 8 aromatic carbocycles. The van der Waals surface area contributed by atoms with E-state index in [-0.39, 0.29) is 30.2 Å². The number of benzene rings is 6. The summed E-state index contributed by atoms with van der Waals surface area (Å²) in [5, 5.41) is 10.9. The van der Waals surface area contributed by atoms with Crippen LogP contribution < -0.4 is 24.8 Å². The Bertz CT molecular complexity index is 2570. The van der Waals surface area contributed by atoms with Crippen molar-refractivity contribution >= 4 is 48.5 Å². The minimum absolute atomic E-state index is 0. The van der Waals surface area contributed by atoms with Gasteiger partial charge in [-0.25, -0.2) is 0 Å². The van der Waals surface area contributed by atoms with Gasteiger partial charge >= 0.3 is 41.9 Å². The molecule has 10 rings (SSSR count). The van der Waals surface area contributed by atoms with E-state index in [4.69, 9.17) is 0 Å². The summed E-state index contributed by atoms with van der Waals surface area (Å²) in [7, 11) is 0. The Balaban J connectivity index is 0.000000196. The van der Waals surface area contributed by atoms with Crippen molar-refractivity contribution in [1.29, 1.82) is 0 Å². The molecule has 2 fully saturated rings. The van der Waals surface area contributed by atoms with Crippen molar-refractivity contribution in [2.75, 3.05) is 0 Å². The molecule has 0 unspecified atom stereocenters. The molecular weight excluding hydrogens is 935 g/mol. The fourth-order valence-electron chi connectivity index (χ4n) is 11.4. The molecule has 0 N–H and O–H groups in total. The van der Waals surface area contributed by atoms with Crippen LogP contribution in [0.2, 0.25) is 13.1 Å². The molecule has 0 spiro atoms. The Hall–Kier alpha value is -3.26. The van der Waals surface area contributed by atoms with E-state index in [1.54, 1.807) is 23.3 Å². The Kier molecular flexibility index (Phi) is 19.6. The molecule has 2 saturated carbocycles. The fraction of sp³-hybridized carbons (Fsp3) is 0.387. The molecule has 8 aromatic rings. The van der Waals surface area contributed by atoms with Crippen molar-refractivity contribution < 1.29 is 48.1 Å². The molecule has 2 aliphatic rings.